The van der Waals surface area contributed by atoms with Crippen LogP contribution < -0.4 is 10.2 Å². The molecule has 1 aliphatic heterocycles. The number of thiophene rings is 1. The molecular weight excluding hydrogens is 278 g/mol. The minimum Gasteiger partial charge on any atom is -0.365 e. The Morgan fingerprint density at radius 3 is 2.86 bits per heavy atom. The molecule has 0 spiro atoms. The van der Waals surface area contributed by atoms with Gasteiger partial charge in [-0.05, 0) is 63.3 Å². The molecule has 0 fully saturated rings. The molecule has 2 aromatic rings. The fraction of sp³-hybridized carbons (Fsp3) is 0.471. The molecule has 112 valence electrons. The smallest absolute Gasteiger partial charge is 0.131 e. The van der Waals surface area contributed by atoms with Crippen LogP contribution in [0.1, 0.15) is 44.2 Å². The van der Waals surface area contributed by atoms with Crippen molar-refractivity contribution in [2.75, 3.05) is 16.8 Å². The first-order chi connectivity index (χ1) is 9.94. The van der Waals surface area contributed by atoms with E-state index in [-0.39, 0.29) is 5.54 Å². The van der Waals surface area contributed by atoms with Crippen LogP contribution in [0.3, 0.4) is 0 Å². The predicted molar refractivity (Wildman–Crippen MR) is 91.4 cm³/mol. The predicted octanol–water partition coefficient (Wildman–Crippen LogP) is 4.48. The van der Waals surface area contributed by atoms with Crippen molar-refractivity contribution in [2.24, 2.45) is 0 Å². The molecule has 1 aliphatic rings. The number of hydrogen-bond donors (Lipinski definition) is 1. The number of pyridine rings is 1. The Morgan fingerprint density at radius 2 is 2.10 bits per heavy atom. The first kappa shape index (κ1) is 14.4. The Kier molecular flexibility index (Phi) is 3.66. The van der Waals surface area contributed by atoms with E-state index in [0.29, 0.717) is 6.04 Å². The van der Waals surface area contributed by atoms with Crippen molar-refractivity contribution in [3.63, 3.8) is 0 Å². The molecule has 3 nitrogen and oxygen atoms in total. The van der Waals surface area contributed by atoms with E-state index in [1.54, 1.807) is 0 Å². The Morgan fingerprint density at radius 1 is 1.29 bits per heavy atom. The second-order valence-electron chi connectivity index (χ2n) is 6.67. The van der Waals surface area contributed by atoms with Gasteiger partial charge in [-0.3, -0.25) is 0 Å². The van der Waals surface area contributed by atoms with Crippen LogP contribution in [-0.4, -0.2) is 17.1 Å². The minimum absolute atomic E-state index is 0.0274. The maximum absolute atomic E-state index is 4.81. The lowest BCUT2D eigenvalue weighted by Gasteiger charge is -2.35. The van der Waals surface area contributed by atoms with Crippen LogP contribution >= 0.6 is 11.3 Å². The van der Waals surface area contributed by atoms with Crippen molar-refractivity contribution in [3.8, 4) is 0 Å². The van der Waals surface area contributed by atoms with Gasteiger partial charge in [0.05, 0.1) is 6.04 Å². The fourth-order valence-corrected chi connectivity index (χ4v) is 3.82. The van der Waals surface area contributed by atoms with E-state index in [1.165, 1.54) is 10.4 Å². The number of fused-ring (bicyclic) bond motifs is 1. The Balaban J connectivity index is 1.86. The van der Waals surface area contributed by atoms with Gasteiger partial charge in [-0.1, -0.05) is 6.07 Å². The fourth-order valence-electron chi connectivity index (χ4n) is 2.86. The summed E-state index contributed by atoms with van der Waals surface area (Å²) in [5.74, 6) is 2.01. The van der Waals surface area contributed by atoms with Crippen molar-refractivity contribution in [3.05, 3.63) is 40.1 Å². The second-order valence-corrected chi connectivity index (χ2v) is 7.68. The van der Waals surface area contributed by atoms with E-state index in [4.69, 9.17) is 4.98 Å². The first-order valence-corrected chi connectivity index (χ1v) is 8.40. The zero-order chi connectivity index (χ0) is 15.0. The summed E-state index contributed by atoms with van der Waals surface area (Å²) in [4.78, 5) is 8.74. The number of hydrogen-bond acceptors (Lipinski definition) is 4. The molecule has 1 atom stereocenters. The van der Waals surface area contributed by atoms with Crippen LogP contribution in [-0.2, 0) is 6.42 Å². The lowest BCUT2D eigenvalue weighted by atomic mass is 10.0. The highest BCUT2D eigenvalue weighted by molar-refractivity contribution is 7.10. The van der Waals surface area contributed by atoms with Crippen LogP contribution in [0.4, 0.5) is 11.6 Å². The minimum atomic E-state index is 0.0274. The van der Waals surface area contributed by atoms with Crippen molar-refractivity contribution >= 4 is 23.0 Å². The molecule has 0 saturated heterocycles. The molecule has 0 aliphatic carbocycles. The molecule has 3 rings (SSSR count). The molecule has 4 heteroatoms. The molecule has 21 heavy (non-hydrogen) atoms. The molecule has 1 unspecified atom stereocenters. The third-order valence-electron chi connectivity index (χ3n) is 3.81. The SMILES string of the molecule is CC1c2ccsc2CCN1c1cccc(NC(C)(C)C)n1. The van der Waals surface area contributed by atoms with Gasteiger partial charge in [0.15, 0.2) is 0 Å². The van der Waals surface area contributed by atoms with Gasteiger partial charge in [-0.25, -0.2) is 4.98 Å². The number of nitrogens with zero attached hydrogens (tertiary/aromatic N) is 2. The molecule has 0 bridgehead atoms. The molecular formula is C17H23N3S. The van der Waals surface area contributed by atoms with Gasteiger partial charge in [0.1, 0.15) is 11.6 Å². The van der Waals surface area contributed by atoms with Crippen LogP contribution in [0.2, 0.25) is 0 Å². The summed E-state index contributed by atoms with van der Waals surface area (Å²) in [6, 6.07) is 8.90. The molecule has 1 N–H and O–H groups in total. The summed E-state index contributed by atoms with van der Waals surface area (Å²) in [5.41, 5.74) is 1.49. The highest BCUT2D eigenvalue weighted by Gasteiger charge is 2.25. The summed E-state index contributed by atoms with van der Waals surface area (Å²) in [5, 5.41) is 5.66. The van der Waals surface area contributed by atoms with Gasteiger partial charge < -0.3 is 10.2 Å². The average molecular weight is 301 g/mol. The van der Waals surface area contributed by atoms with E-state index in [2.05, 4.69) is 61.5 Å². The third-order valence-corrected chi connectivity index (χ3v) is 4.81. The number of nitrogens with one attached hydrogen (secondary N) is 1. The molecule has 0 saturated carbocycles. The van der Waals surface area contributed by atoms with Gasteiger partial charge in [-0.2, -0.15) is 0 Å². The second kappa shape index (κ2) is 5.34. The van der Waals surface area contributed by atoms with Crippen molar-refractivity contribution in [2.45, 2.75) is 45.7 Å². The molecule has 2 aromatic heterocycles. The van der Waals surface area contributed by atoms with Crippen LogP contribution in [0.25, 0.3) is 0 Å². The molecule has 0 amide bonds. The Labute approximate surface area is 131 Å². The van der Waals surface area contributed by atoms with E-state index in [0.717, 1.165) is 24.6 Å². The lowest BCUT2D eigenvalue weighted by Crippen LogP contribution is -2.34. The Hall–Kier alpha value is -1.55. The lowest BCUT2D eigenvalue weighted by molar-refractivity contribution is 0.618. The van der Waals surface area contributed by atoms with E-state index < -0.39 is 0 Å². The Bertz CT molecular complexity index is 627. The van der Waals surface area contributed by atoms with Gasteiger partial charge in [0, 0.05) is 17.0 Å². The molecule has 3 heterocycles. The molecule has 0 radical (unpaired) electrons. The maximum Gasteiger partial charge on any atom is 0.131 e. The highest BCUT2D eigenvalue weighted by atomic mass is 32.1. The van der Waals surface area contributed by atoms with Crippen LogP contribution in [0.15, 0.2) is 29.6 Å². The number of rotatable bonds is 2. The highest BCUT2D eigenvalue weighted by Crippen LogP contribution is 2.35. The van der Waals surface area contributed by atoms with Crippen molar-refractivity contribution in [1.29, 1.82) is 0 Å². The van der Waals surface area contributed by atoms with Gasteiger partial charge in [0.2, 0.25) is 0 Å². The number of anilines is 2. The van der Waals surface area contributed by atoms with Gasteiger partial charge in [-0.15, -0.1) is 11.3 Å². The van der Waals surface area contributed by atoms with Gasteiger partial charge in [0.25, 0.3) is 0 Å². The molecule has 0 aromatic carbocycles. The van der Waals surface area contributed by atoms with Gasteiger partial charge >= 0.3 is 0 Å². The van der Waals surface area contributed by atoms with Crippen LogP contribution in [0.5, 0.6) is 0 Å². The monoisotopic (exact) mass is 301 g/mol. The zero-order valence-electron chi connectivity index (χ0n) is 13.2. The standard InChI is InChI=1S/C17H23N3S/c1-12-13-9-11-21-14(13)8-10-20(12)16-7-5-6-15(18-16)19-17(2,3)4/h5-7,9,11-12H,8,10H2,1-4H3,(H,18,19). The summed E-state index contributed by atoms with van der Waals surface area (Å²) >= 11 is 1.88. The zero-order valence-corrected chi connectivity index (χ0v) is 14.0. The summed E-state index contributed by atoms with van der Waals surface area (Å²) in [6.45, 7) is 9.78. The quantitative estimate of drug-likeness (QED) is 0.886. The summed E-state index contributed by atoms with van der Waals surface area (Å²) in [6.07, 6.45) is 1.12. The van der Waals surface area contributed by atoms with Crippen molar-refractivity contribution < 1.29 is 0 Å². The normalized spacial score (nSPS) is 18.5. The first-order valence-electron chi connectivity index (χ1n) is 7.52. The topological polar surface area (TPSA) is 28.2 Å². The van der Waals surface area contributed by atoms with E-state index in [1.807, 2.05) is 17.4 Å². The largest absolute Gasteiger partial charge is 0.365 e. The number of aromatic nitrogens is 1. The summed E-state index contributed by atoms with van der Waals surface area (Å²) < 4.78 is 0. The summed E-state index contributed by atoms with van der Waals surface area (Å²) in [7, 11) is 0. The van der Waals surface area contributed by atoms with E-state index >= 15 is 0 Å². The van der Waals surface area contributed by atoms with Crippen LogP contribution in [0, 0.1) is 0 Å². The van der Waals surface area contributed by atoms with Crippen molar-refractivity contribution in [1.82, 2.24) is 4.98 Å². The van der Waals surface area contributed by atoms with E-state index in [9.17, 15) is 0 Å². The maximum atomic E-state index is 4.81. The average Bonchev–Trinajstić information content (AvgIpc) is 2.86. The third kappa shape index (κ3) is 3.05.